The number of hydrogen-bond acceptors (Lipinski definition) is 5. The maximum absolute atomic E-state index is 12.0. The summed E-state index contributed by atoms with van der Waals surface area (Å²) in [6.07, 6.45) is 3.35. The minimum atomic E-state index is -0.761. The van der Waals surface area contributed by atoms with Crippen molar-refractivity contribution in [2.24, 2.45) is 0 Å². The third-order valence-corrected chi connectivity index (χ3v) is 5.10. The van der Waals surface area contributed by atoms with Gasteiger partial charge < -0.3 is 14.3 Å². The monoisotopic (exact) mass is 393 g/mol. The van der Waals surface area contributed by atoms with E-state index in [1.54, 1.807) is 12.1 Å². The van der Waals surface area contributed by atoms with E-state index in [2.05, 4.69) is 9.72 Å². The van der Waals surface area contributed by atoms with Crippen LogP contribution < -0.4 is 4.74 Å². The number of pyridine rings is 1. The predicted molar refractivity (Wildman–Crippen MR) is 98.2 cm³/mol. The molecule has 0 saturated carbocycles. The van der Waals surface area contributed by atoms with E-state index < -0.39 is 11.4 Å². The molecule has 0 bridgehead atoms. The number of halogens is 2. The van der Waals surface area contributed by atoms with E-state index in [9.17, 15) is 9.59 Å². The summed E-state index contributed by atoms with van der Waals surface area (Å²) in [5.41, 5.74) is 1.32. The average molecular weight is 394 g/mol. The molecule has 0 N–H and O–H groups in total. The van der Waals surface area contributed by atoms with Gasteiger partial charge in [0.2, 0.25) is 0 Å². The van der Waals surface area contributed by atoms with Crippen molar-refractivity contribution in [1.29, 1.82) is 0 Å². The summed E-state index contributed by atoms with van der Waals surface area (Å²) in [6, 6.07) is 8.58. The quantitative estimate of drug-likeness (QED) is 0.435. The molecule has 3 rings (SSSR count). The molecule has 5 nitrogen and oxygen atoms in total. The van der Waals surface area contributed by atoms with Crippen molar-refractivity contribution in [3.05, 3.63) is 57.3 Å². The van der Waals surface area contributed by atoms with Crippen molar-refractivity contribution in [3.8, 4) is 5.75 Å². The second kappa shape index (κ2) is 7.64. The Labute approximate surface area is 161 Å². The highest BCUT2D eigenvalue weighted by atomic mass is 35.5. The molecule has 0 fully saturated rings. The van der Waals surface area contributed by atoms with Crippen LogP contribution >= 0.6 is 23.2 Å². The zero-order valence-corrected chi connectivity index (χ0v) is 15.6. The maximum atomic E-state index is 12.0. The highest BCUT2D eigenvalue weighted by Gasteiger charge is 2.37. The molecule has 1 heterocycles. The third-order valence-electron chi connectivity index (χ3n) is 4.59. The molecule has 1 aliphatic carbocycles. The number of fused-ring (bicyclic) bond motifs is 1. The molecule has 1 aromatic carbocycles. The first-order valence-electron chi connectivity index (χ1n) is 8.12. The number of aromatic nitrogens is 1. The number of nitrogens with zero attached hydrogens (tertiary/aromatic N) is 1. The molecule has 1 aromatic heterocycles. The number of benzene rings is 1. The van der Waals surface area contributed by atoms with E-state index in [-0.39, 0.29) is 17.5 Å². The molecule has 1 aliphatic rings. The van der Waals surface area contributed by atoms with Gasteiger partial charge in [-0.3, -0.25) is 0 Å². The van der Waals surface area contributed by atoms with Crippen LogP contribution in [0.15, 0.2) is 30.3 Å². The van der Waals surface area contributed by atoms with Gasteiger partial charge in [-0.2, -0.15) is 0 Å². The summed E-state index contributed by atoms with van der Waals surface area (Å²) in [4.78, 5) is 27.5. The first-order valence-corrected chi connectivity index (χ1v) is 8.87. The fourth-order valence-corrected chi connectivity index (χ4v) is 3.65. The Morgan fingerprint density at radius 3 is 2.81 bits per heavy atom. The number of methoxy groups -OCH3 is 1. The molecule has 0 amide bonds. The summed E-state index contributed by atoms with van der Waals surface area (Å²) < 4.78 is 10.4. The van der Waals surface area contributed by atoms with Crippen molar-refractivity contribution < 1.29 is 19.1 Å². The molecule has 0 aliphatic heterocycles. The van der Waals surface area contributed by atoms with Crippen molar-refractivity contribution >= 4 is 35.5 Å². The molecule has 2 aromatic rings. The van der Waals surface area contributed by atoms with E-state index in [0.717, 1.165) is 30.3 Å². The minimum absolute atomic E-state index is 0.0427. The van der Waals surface area contributed by atoms with Gasteiger partial charge in [-0.25, -0.2) is 9.78 Å². The largest absolute Gasteiger partial charge is 0.489 e. The first kappa shape index (κ1) is 18.7. The standard InChI is InChI=1S/C19H17Cl2NO4/c1-25-18(24)15-6-7-16(17(21)22-15)26-11-19(10-23)8-2-3-12-9-13(20)4-5-14(12)19/h4-7,9-10H,2-3,8,11H2,1H3/t19-/m0/s1. The highest BCUT2D eigenvalue weighted by molar-refractivity contribution is 6.31. The maximum Gasteiger partial charge on any atom is 0.356 e. The molecular weight excluding hydrogens is 377 g/mol. The fraction of sp³-hybridized carbons (Fsp3) is 0.316. The molecular formula is C19H17Cl2NO4. The van der Waals surface area contributed by atoms with Crippen LogP contribution in [-0.2, 0) is 21.4 Å². The van der Waals surface area contributed by atoms with E-state index in [1.165, 1.54) is 13.2 Å². The molecule has 7 heteroatoms. The molecule has 136 valence electrons. The fourth-order valence-electron chi connectivity index (χ4n) is 3.24. The lowest BCUT2D eigenvalue weighted by Crippen LogP contribution is -2.38. The number of ether oxygens (including phenoxy) is 2. The van der Waals surface area contributed by atoms with Crippen LogP contribution in [0.1, 0.15) is 34.5 Å². The molecule has 0 radical (unpaired) electrons. The van der Waals surface area contributed by atoms with Gasteiger partial charge in [0.1, 0.15) is 18.6 Å². The predicted octanol–water partition coefficient (Wildman–Crippen LogP) is 4.03. The van der Waals surface area contributed by atoms with Crippen LogP contribution in [0.4, 0.5) is 0 Å². The van der Waals surface area contributed by atoms with Crippen molar-refractivity contribution in [2.75, 3.05) is 13.7 Å². The molecule has 1 atom stereocenters. The van der Waals surface area contributed by atoms with E-state index >= 15 is 0 Å². The molecule has 0 spiro atoms. The van der Waals surface area contributed by atoms with Gasteiger partial charge >= 0.3 is 5.97 Å². The van der Waals surface area contributed by atoms with Crippen LogP contribution in [0.25, 0.3) is 0 Å². The van der Waals surface area contributed by atoms with Gasteiger partial charge in [0.25, 0.3) is 0 Å². The van der Waals surface area contributed by atoms with Gasteiger partial charge in [-0.05, 0) is 54.7 Å². The summed E-state index contributed by atoms with van der Waals surface area (Å²) in [5.74, 6) is -0.275. The van der Waals surface area contributed by atoms with E-state index in [1.807, 2.05) is 12.1 Å². The van der Waals surface area contributed by atoms with Gasteiger partial charge in [0, 0.05) is 5.02 Å². The summed E-state index contributed by atoms with van der Waals surface area (Å²) in [6.45, 7) is 0.129. The van der Waals surface area contributed by atoms with Gasteiger partial charge in [0.05, 0.1) is 12.5 Å². The summed E-state index contributed by atoms with van der Waals surface area (Å²) in [5, 5.41) is 0.693. The Hall–Kier alpha value is -2.11. The SMILES string of the molecule is COC(=O)c1ccc(OC[C@@]2(C=O)CCCc3cc(Cl)ccc32)c(Cl)n1. The lowest BCUT2D eigenvalue weighted by Gasteiger charge is -2.34. The second-order valence-corrected chi connectivity index (χ2v) is 6.99. The van der Waals surface area contributed by atoms with Gasteiger partial charge in [-0.15, -0.1) is 0 Å². The average Bonchev–Trinajstić information content (AvgIpc) is 2.65. The topological polar surface area (TPSA) is 65.5 Å². The summed E-state index contributed by atoms with van der Waals surface area (Å²) in [7, 11) is 1.27. The Kier molecular flexibility index (Phi) is 5.49. The van der Waals surface area contributed by atoms with Crippen LogP contribution in [-0.4, -0.2) is 31.0 Å². The Morgan fingerprint density at radius 2 is 2.12 bits per heavy atom. The van der Waals surface area contributed by atoms with Gasteiger partial charge in [0.15, 0.2) is 10.9 Å². The minimum Gasteiger partial charge on any atom is -0.489 e. The number of aldehydes is 1. The van der Waals surface area contributed by atoms with Gasteiger partial charge in [-0.1, -0.05) is 29.3 Å². The Morgan fingerprint density at radius 1 is 1.31 bits per heavy atom. The third kappa shape index (κ3) is 3.55. The molecule has 0 saturated heterocycles. The lowest BCUT2D eigenvalue weighted by atomic mass is 9.71. The van der Waals surface area contributed by atoms with Crippen molar-refractivity contribution in [3.63, 3.8) is 0 Å². The number of carbonyl (C=O) groups is 2. The number of aryl methyl sites for hydroxylation is 1. The van der Waals surface area contributed by atoms with Crippen molar-refractivity contribution in [1.82, 2.24) is 4.98 Å². The number of rotatable bonds is 5. The summed E-state index contributed by atoms with van der Waals surface area (Å²) >= 11 is 12.2. The highest BCUT2D eigenvalue weighted by Crippen LogP contribution is 2.38. The van der Waals surface area contributed by atoms with Crippen LogP contribution in [0.5, 0.6) is 5.75 Å². The Balaban J connectivity index is 1.85. The van der Waals surface area contributed by atoms with Crippen LogP contribution in [0.3, 0.4) is 0 Å². The normalized spacial score (nSPS) is 18.7. The number of hydrogen-bond donors (Lipinski definition) is 0. The molecule has 26 heavy (non-hydrogen) atoms. The Bertz CT molecular complexity index is 855. The number of carbonyl (C=O) groups excluding carboxylic acids is 2. The second-order valence-electron chi connectivity index (χ2n) is 6.19. The zero-order chi connectivity index (χ0) is 18.7. The first-order chi connectivity index (χ1) is 12.5. The van der Waals surface area contributed by atoms with Crippen LogP contribution in [0, 0.1) is 0 Å². The smallest absolute Gasteiger partial charge is 0.356 e. The zero-order valence-electron chi connectivity index (χ0n) is 14.1. The van der Waals surface area contributed by atoms with E-state index in [0.29, 0.717) is 17.2 Å². The van der Waals surface area contributed by atoms with Crippen molar-refractivity contribution in [2.45, 2.75) is 24.7 Å². The molecule has 0 unspecified atom stereocenters. The van der Waals surface area contributed by atoms with E-state index in [4.69, 9.17) is 27.9 Å². The van der Waals surface area contributed by atoms with Crippen LogP contribution in [0.2, 0.25) is 10.2 Å². The lowest BCUT2D eigenvalue weighted by molar-refractivity contribution is -0.114. The number of esters is 1.